The Morgan fingerprint density at radius 3 is 1.76 bits per heavy atom. The van der Waals surface area contributed by atoms with E-state index < -0.39 is 18.1 Å². The van der Waals surface area contributed by atoms with Crippen LogP contribution in [0.1, 0.15) is 22.7 Å². The summed E-state index contributed by atoms with van der Waals surface area (Å²) in [4.78, 5) is 18.2. The number of anilines is 1. The third kappa shape index (κ3) is 5.72. The van der Waals surface area contributed by atoms with E-state index in [-0.39, 0.29) is 0 Å². The first-order chi connectivity index (χ1) is 16.7. The van der Waals surface area contributed by atoms with Crippen LogP contribution >= 0.6 is 11.6 Å². The van der Waals surface area contributed by atoms with Gasteiger partial charge in [0.15, 0.2) is 6.04 Å². The van der Waals surface area contributed by atoms with Crippen molar-refractivity contribution in [3.63, 3.8) is 0 Å². The minimum Gasteiger partial charge on any atom is -0.467 e. The third-order valence-electron chi connectivity index (χ3n) is 5.45. The zero-order chi connectivity index (χ0) is 23.8. The van der Waals surface area contributed by atoms with Crippen LogP contribution in [0.3, 0.4) is 0 Å². The second kappa shape index (κ2) is 11.3. The number of nitrogens with zero attached hydrogens (tertiary/aromatic N) is 1. The van der Waals surface area contributed by atoms with Crippen molar-refractivity contribution in [3.8, 4) is 0 Å². The third-order valence-corrected chi connectivity index (χ3v) is 5.70. The summed E-state index contributed by atoms with van der Waals surface area (Å²) in [5.41, 5.74) is 4.29. The molecule has 5 heteroatoms. The molecule has 0 aliphatic rings. The number of aliphatic imine (C=N–C) groups is 1. The first-order valence-corrected chi connectivity index (χ1v) is 11.4. The number of nitrogens with one attached hydrogen (secondary N) is 1. The molecule has 4 rings (SSSR count). The molecule has 0 saturated carbocycles. The Morgan fingerprint density at radius 2 is 1.26 bits per heavy atom. The highest BCUT2D eigenvalue weighted by Crippen LogP contribution is 2.28. The molecule has 2 atom stereocenters. The van der Waals surface area contributed by atoms with E-state index in [9.17, 15) is 4.79 Å². The zero-order valence-corrected chi connectivity index (χ0v) is 19.5. The van der Waals surface area contributed by atoms with Gasteiger partial charge in [-0.3, -0.25) is 4.99 Å². The molecule has 0 aliphatic carbocycles. The van der Waals surface area contributed by atoms with Crippen molar-refractivity contribution in [2.45, 2.75) is 12.1 Å². The van der Waals surface area contributed by atoms with Crippen LogP contribution in [0.15, 0.2) is 120 Å². The van der Waals surface area contributed by atoms with E-state index >= 15 is 0 Å². The van der Waals surface area contributed by atoms with Crippen molar-refractivity contribution in [3.05, 3.63) is 137 Å². The second-order valence-electron chi connectivity index (χ2n) is 7.72. The topological polar surface area (TPSA) is 50.7 Å². The average Bonchev–Trinajstić information content (AvgIpc) is 2.90. The van der Waals surface area contributed by atoms with Crippen molar-refractivity contribution in [2.24, 2.45) is 4.99 Å². The maximum absolute atomic E-state index is 13.2. The van der Waals surface area contributed by atoms with Crippen molar-refractivity contribution < 1.29 is 9.53 Å². The highest BCUT2D eigenvalue weighted by Gasteiger charge is 2.31. The highest BCUT2D eigenvalue weighted by atomic mass is 35.5. The quantitative estimate of drug-likeness (QED) is 0.235. The van der Waals surface area contributed by atoms with Gasteiger partial charge in [0.1, 0.15) is 0 Å². The number of halogens is 1. The summed E-state index contributed by atoms with van der Waals surface area (Å²) in [6.07, 6.45) is 0. The van der Waals surface area contributed by atoms with Gasteiger partial charge in [-0.1, -0.05) is 103 Å². The van der Waals surface area contributed by atoms with Crippen LogP contribution < -0.4 is 5.32 Å². The number of hydrogen-bond acceptors (Lipinski definition) is 4. The van der Waals surface area contributed by atoms with Gasteiger partial charge in [0.05, 0.1) is 18.9 Å². The van der Waals surface area contributed by atoms with Gasteiger partial charge in [0.2, 0.25) is 0 Å². The summed E-state index contributed by atoms with van der Waals surface area (Å²) in [5.74, 6) is -0.431. The summed E-state index contributed by atoms with van der Waals surface area (Å²) < 4.78 is 5.24. The minimum atomic E-state index is -0.849. The van der Waals surface area contributed by atoms with E-state index in [0.717, 1.165) is 28.1 Å². The molecule has 170 valence electrons. The molecule has 0 saturated heterocycles. The number of esters is 1. The van der Waals surface area contributed by atoms with Gasteiger partial charge in [0.25, 0.3) is 0 Å². The van der Waals surface area contributed by atoms with E-state index in [4.69, 9.17) is 21.3 Å². The van der Waals surface area contributed by atoms with Gasteiger partial charge < -0.3 is 10.1 Å². The number of carbonyl (C=O) groups is 1. The lowest BCUT2D eigenvalue weighted by atomic mass is 9.97. The van der Waals surface area contributed by atoms with Crippen LogP contribution in [0, 0.1) is 0 Å². The molecule has 0 radical (unpaired) electrons. The molecule has 0 unspecified atom stereocenters. The van der Waals surface area contributed by atoms with Crippen LogP contribution in [0.25, 0.3) is 0 Å². The highest BCUT2D eigenvalue weighted by molar-refractivity contribution is 6.30. The number of hydrogen-bond donors (Lipinski definition) is 1. The van der Waals surface area contributed by atoms with Crippen LogP contribution in [-0.2, 0) is 9.53 Å². The average molecular weight is 469 g/mol. The van der Waals surface area contributed by atoms with Gasteiger partial charge >= 0.3 is 5.97 Å². The van der Waals surface area contributed by atoms with E-state index in [1.54, 1.807) is 0 Å². The summed E-state index contributed by atoms with van der Waals surface area (Å²) in [6.45, 7) is 0. The van der Waals surface area contributed by atoms with E-state index in [1.165, 1.54) is 7.11 Å². The Labute approximate surface area is 204 Å². The van der Waals surface area contributed by atoms with Crippen LogP contribution in [0.5, 0.6) is 0 Å². The lowest BCUT2D eigenvalue weighted by Crippen LogP contribution is -2.33. The fourth-order valence-corrected chi connectivity index (χ4v) is 3.89. The van der Waals surface area contributed by atoms with Gasteiger partial charge in [-0.05, 0) is 29.8 Å². The van der Waals surface area contributed by atoms with Crippen molar-refractivity contribution in [1.82, 2.24) is 0 Å². The number of methoxy groups -OCH3 is 1. The van der Waals surface area contributed by atoms with Crippen LogP contribution in [-0.4, -0.2) is 24.8 Å². The Balaban J connectivity index is 1.85. The first kappa shape index (κ1) is 23.3. The monoisotopic (exact) mass is 468 g/mol. The normalized spacial score (nSPS) is 12.3. The van der Waals surface area contributed by atoms with Gasteiger partial charge in [-0.2, -0.15) is 0 Å². The number of carbonyl (C=O) groups excluding carboxylic acids is 1. The van der Waals surface area contributed by atoms with Crippen LogP contribution in [0.2, 0.25) is 5.02 Å². The fourth-order valence-electron chi connectivity index (χ4n) is 3.76. The molecule has 4 aromatic rings. The summed E-state index contributed by atoms with van der Waals surface area (Å²) in [7, 11) is 1.39. The SMILES string of the molecule is COC(=O)[C@H](N=C(c1ccccc1)c1ccccc1)[C@H](Nc1ccc(Cl)cc1)c1ccccc1. The Hall–Kier alpha value is -3.89. The molecule has 0 fully saturated rings. The molecule has 4 nitrogen and oxygen atoms in total. The molecule has 0 aromatic heterocycles. The summed E-state index contributed by atoms with van der Waals surface area (Å²) in [5, 5.41) is 4.12. The fraction of sp³-hybridized carbons (Fsp3) is 0.103. The van der Waals surface area contributed by atoms with Gasteiger partial charge in [0, 0.05) is 21.8 Å². The predicted octanol–water partition coefficient (Wildman–Crippen LogP) is 6.57. The number of benzene rings is 4. The van der Waals surface area contributed by atoms with Gasteiger partial charge in [-0.15, -0.1) is 0 Å². The van der Waals surface area contributed by atoms with E-state index in [2.05, 4.69) is 5.32 Å². The molecule has 34 heavy (non-hydrogen) atoms. The van der Waals surface area contributed by atoms with Crippen molar-refractivity contribution in [2.75, 3.05) is 12.4 Å². The molecule has 0 spiro atoms. The zero-order valence-electron chi connectivity index (χ0n) is 18.8. The maximum Gasteiger partial charge on any atom is 0.333 e. The van der Waals surface area contributed by atoms with Crippen molar-refractivity contribution >= 4 is 29.0 Å². The smallest absolute Gasteiger partial charge is 0.333 e. The second-order valence-corrected chi connectivity index (χ2v) is 8.15. The Bertz CT molecular complexity index is 1190. The largest absolute Gasteiger partial charge is 0.467 e. The van der Waals surface area contributed by atoms with Gasteiger partial charge in [-0.25, -0.2) is 4.79 Å². The molecule has 0 amide bonds. The lowest BCUT2D eigenvalue weighted by molar-refractivity contribution is -0.142. The lowest BCUT2D eigenvalue weighted by Gasteiger charge is -2.26. The molecule has 0 aliphatic heterocycles. The Kier molecular flexibility index (Phi) is 7.74. The molecular weight excluding hydrogens is 444 g/mol. The summed E-state index contributed by atoms with van der Waals surface area (Å²) in [6, 6.07) is 35.6. The summed E-state index contributed by atoms with van der Waals surface area (Å²) >= 11 is 6.08. The standard InChI is InChI=1S/C29H25ClN2O2/c1-34-29(33)28(32-26(21-11-5-2-6-12-21)22-13-7-3-8-14-22)27(23-15-9-4-10-16-23)31-25-19-17-24(30)18-20-25/h2-20,27-28,31H,1H3/t27-,28-/m1/s1. The molecule has 1 N–H and O–H groups in total. The first-order valence-electron chi connectivity index (χ1n) is 11.0. The van der Waals surface area contributed by atoms with Crippen LogP contribution in [0.4, 0.5) is 5.69 Å². The molecule has 4 aromatic carbocycles. The van der Waals surface area contributed by atoms with Crippen molar-refractivity contribution in [1.29, 1.82) is 0 Å². The predicted molar refractivity (Wildman–Crippen MR) is 139 cm³/mol. The number of ether oxygens (including phenoxy) is 1. The van der Waals surface area contributed by atoms with E-state index in [0.29, 0.717) is 5.02 Å². The Morgan fingerprint density at radius 1 is 0.765 bits per heavy atom. The minimum absolute atomic E-state index is 0.431. The molecule has 0 heterocycles. The maximum atomic E-state index is 13.2. The molecular formula is C29H25ClN2O2. The van der Waals surface area contributed by atoms with E-state index in [1.807, 2.05) is 115 Å². The molecule has 0 bridgehead atoms. The number of rotatable bonds is 8.